The van der Waals surface area contributed by atoms with Crippen molar-refractivity contribution in [1.82, 2.24) is 5.32 Å². The highest BCUT2D eigenvalue weighted by molar-refractivity contribution is 5.38. The first-order valence-corrected chi connectivity index (χ1v) is 6.72. The Morgan fingerprint density at radius 1 is 1.05 bits per heavy atom. The summed E-state index contributed by atoms with van der Waals surface area (Å²) in [6, 6.07) is 19.2. The van der Waals surface area contributed by atoms with Crippen LogP contribution in [-0.2, 0) is 11.8 Å². The fourth-order valence-corrected chi connectivity index (χ4v) is 2.80. The molecule has 1 heterocycles. The minimum absolute atomic E-state index is 0.218. The van der Waals surface area contributed by atoms with Gasteiger partial charge in [-0.2, -0.15) is 0 Å². The molecule has 0 amide bonds. The van der Waals surface area contributed by atoms with Crippen molar-refractivity contribution >= 4 is 0 Å². The molecule has 0 unspecified atom stereocenters. The molecule has 98 valence electrons. The molecule has 2 heteroatoms. The minimum atomic E-state index is 0.218. The molecule has 3 rings (SSSR count). The topological polar surface area (TPSA) is 21.3 Å². The van der Waals surface area contributed by atoms with Gasteiger partial charge < -0.3 is 10.1 Å². The van der Waals surface area contributed by atoms with Crippen LogP contribution < -0.4 is 10.1 Å². The average molecular weight is 253 g/mol. The van der Waals surface area contributed by atoms with E-state index in [0.29, 0.717) is 0 Å². The molecule has 1 fully saturated rings. The van der Waals surface area contributed by atoms with Crippen LogP contribution in [0.3, 0.4) is 0 Å². The first-order chi connectivity index (χ1) is 9.32. The summed E-state index contributed by atoms with van der Waals surface area (Å²) in [5.74, 6) is 0.942. The summed E-state index contributed by atoms with van der Waals surface area (Å²) in [5, 5.41) is 3.42. The molecule has 0 saturated carbocycles. The molecule has 2 aromatic rings. The molecule has 1 aliphatic rings. The third-order valence-electron chi connectivity index (χ3n) is 3.99. The lowest BCUT2D eigenvalue weighted by molar-refractivity contribution is 0.273. The third kappa shape index (κ3) is 2.36. The minimum Gasteiger partial charge on any atom is -0.497 e. The van der Waals surface area contributed by atoms with Crippen molar-refractivity contribution in [3.05, 3.63) is 65.7 Å². The average Bonchev–Trinajstić information content (AvgIpc) is 2.44. The van der Waals surface area contributed by atoms with Crippen LogP contribution in [0, 0.1) is 0 Å². The third-order valence-corrected chi connectivity index (χ3v) is 3.99. The Bertz CT molecular complexity index is 546. The smallest absolute Gasteiger partial charge is 0.119 e. The molecule has 0 aromatic heterocycles. The van der Waals surface area contributed by atoms with Crippen molar-refractivity contribution < 1.29 is 4.74 Å². The molecule has 19 heavy (non-hydrogen) atoms. The van der Waals surface area contributed by atoms with Gasteiger partial charge in [0.05, 0.1) is 7.11 Å². The van der Waals surface area contributed by atoms with E-state index < -0.39 is 0 Å². The van der Waals surface area contributed by atoms with E-state index >= 15 is 0 Å². The lowest BCUT2D eigenvalue weighted by Crippen LogP contribution is -2.58. The SMILES string of the molecule is COc1cccc(C2(Cc3ccccc3)CNC2)c1. The molecule has 0 spiro atoms. The van der Waals surface area contributed by atoms with E-state index in [1.165, 1.54) is 11.1 Å². The molecule has 2 aromatic carbocycles. The Morgan fingerprint density at radius 3 is 2.47 bits per heavy atom. The maximum Gasteiger partial charge on any atom is 0.119 e. The van der Waals surface area contributed by atoms with Crippen LogP contribution >= 0.6 is 0 Å². The Morgan fingerprint density at radius 2 is 1.84 bits per heavy atom. The highest BCUT2D eigenvalue weighted by atomic mass is 16.5. The normalized spacial score (nSPS) is 16.7. The Balaban J connectivity index is 1.90. The van der Waals surface area contributed by atoms with Gasteiger partial charge >= 0.3 is 0 Å². The fraction of sp³-hybridized carbons (Fsp3) is 0.294. The molecule has 0 radical (unpaired) electrons. The van der Waals surface area contributed by atoms with Gasteiger partial charge in [0.15, 0.2) is 0 Å². The second kappa shape index (κ2) is 5.06. The Labute approximate surface area is 114 Å². The van der Waals surface area contributed by atoms with Gasteiger partial charge in [-0.1, -0.05) is 42.5 Å². The maximum absolute atomic E-state index is 5.35. The van der Waals surface area contributed by atoms with E-state index in [0.717, 1.165) is 25.3 Å². The van der Waals surface area contributed by atoms with Gasteiger partial charge in [-0.15, -0.1) is 0 Å². The Hall–Kier alpha value is -1.80. The highest BCUT2D eigenvalue weighted by Crippen LogP contribution is 2.34. The second-order valence-corrected chi connectivity index (χ2v) is 5.28. The second-order valence-electron chi connectivity index (χ2n) is 5.28. The van der Waals surface area contributed by atoms with Crippen LogP contribution in [0.15, 0.2) is 54.6 Å². The number of hydrogen-bond acceptors (Lipinski definition) is 2. The summed E-state index contributed by atoms with van der Waals surface area (Å²) in [5.41, 5.74) is 2.98. The van der Waals surface area contributed by atoms with E-state index in [1.807, 2.05) is 6.07 Å². The van der Waals surface area contributed by atoms with Crippen molar-refractivity contribution in [3.63, 3.8) is 0 Å². The lowest BCUT2D eigenvalue weighted by atomic mass is 9.71. The zero-order chi connectivity index (χ0) is 13.1. The Kier molecular flexibility index (Phi) is 3.26. The van der Waals surface area contributed by atoms with Crippen molar-refractivity contribution in [2.75, 3.05) is 20.2 Å². The standard InChI is InChI=1S/C17H19NO/c1-19-16-9-5-8-15(10-16)17(12-18-13-17)11-14-6-3-2-4-7-14/h2-10,18H,11-13H2,1H3. The quantitative estimate of drug-likeness (QED) is 0.904. The summed E-state index contributed by atoms with van der Waals surface area (Å²) in [6.07, 6.45) is 1.08. The predicted molar refractivity (Wildman–Crippen MR) is 77.7 cm³/mol. The number of nitrogens with one attached hydrogen (secondary N) is 1. The van der Waals surface area contributed by atoms with E-state index in [4.69, 9.17) is 4.74 Å². The van der Waals surface area contributed by atoms with E-state index in [1.54, 1.807) is 7.11 Å². The van der Waals surface area contributed by atoms with Crippen LogP contribution in [0.4, 0.5) is 0 Å². The lowest BCUT2D eigenvalue weighted by Gasteiger charge is -2.43. The van der Waals surface area contributed by atoms with Gasteiger partial charge in [0.1, 0.15) is 5.75 Å². The highest BCUT2D eigenvalue weighted by Gasteiger charge is 2.38. The van der Waals surface area contributed by atoms with Crippen LogP contribution in [0.5, 0.6) is 5.75 Å². The van der Waals surface area contributed by atoms with E-state index in [2.05, 4.69) is 53.8 Å². The van der Waals surface area contributed by atoms with Crippen LogP contribution in [0.25, 0.3) is 0 Å². The van der Waals surface area contributed by atoms with Gasteiger partial charge in [-0.05, 0) is 29.7 Å². The maximum atomic E-state index is 5.35. The molecule has 1 N–H and O–H groups in total. The zero-order valence-corrected chi connectivity index (χ0v) is 11.2. The zero-order valence-electron chi connectivity index (χ0n) is 11.2. The predicted octanol–water partition coefficient (Wildman–Crippen LogP) is 2.78. The molecule has 2 nitrogen and oxygen atoms in total. The monoisotopic (exact) mass is 253 g/mol. The van der Waals surface area contributed by atoms with Gasteiger partial charge in [0.25, 0.3) is 0 Å². The van der Waals surface area contributed by atoms with Crippen molar-refractivity contribution in [2.45, 2.75) is 11.8 Å². The van der Waals surface area contributed by atoms with Crippen LogP contribution in [0.1, 0.15) is 11.1 Å². The summed E-state index contributed by atoms with van der Waals surface area (Å²) >= 11 is 0. The number of ether oxygens (including phenoxy) is 1. The molecular formula is C17H19NO. The van der Waals surface area contributed by atoms with Gasteiger partial charge in [-0.3, -0.25) is 0 Å². The van der Waals surface area contributed by atoms with Crippen LogP contribution in [0.2, 0.25) is 0 Å². The number of rotatable bonds is 4. The summed E-state index contributed by atoms with van der Waals surface area (Å²) in [6.45, 7) is 2.07. The van der Waals surface area contributed by atoms with Gasteiger partial charge in [0, 0.05) is 18.5 Å². The summed E-state index contributed by atoms with van der Waals surface area (Å²) in [4.78, 5) is 0. The summed E-state index contributed by atoms with van der Waals surface area (Å²) < 4.78 is 5.35. The van der Waals surface area contributed by atoms with E-state index in [-0.39, 0.29) is 5.41 Å². The molecule has 1 saturated heterocycles. The molecule has 1 aliphatic heterocycles. The molecule has 0 atom stereocenters. The molecule has 0 bridgehead atoms. The van der Waals surface area contributed by atoms with Gasteiger partial charge in [0.2, 0.25) is 0 Å². The van der Waals surface area contributed by atoms with E-state index in [9.17, 15) is 0 Å². The fourth-order valence-electron chi connectivity index (χ4n) is 2.80. The summed E-state index contributed by atoms with van der Waals surface area (Å²) in [7, 11) is 1.72. The number of benzene rings is 2. The van der Waals surface area contributed by atoms with Crippen molar-refractivity contribution in [3.8, 4) is 5.75 Å². The number of hydrogen-bond donors (Lipinski definition) is 1. The molecular weight excluding hydrogens is 234 g/mol. The van der Waals surface area contributed by atoms with Crippen molar-refractivity contribution in [2.24, 2.45) is 0 Å². The first-order valence-electron chi connectivity index (χ1n) is 6.72. The molecule has 0 aliphatic carbocycles. The largest absolute Gasteiger partial charge is 0.497 e. The van der Waals surface area contributed by atoms with Crippen LogP contribution in [-0.4, -0.2) is 20.2 Å². The number of methoxy groups -OCH3 is 1. The van der Waals surface area contributed by atoms with Crippen molar-refractivity contribution in [1.29, 1.82) is 0 Å². The first kappa shape index (κ1) is 12.2. The van der Waals surface area contributed by atoms with Gasteiger partial charge in [-0.25, -0.2) is 0 Å².